The molecule has 0 saturated heterocycles. The predicted octanol–water partition coefficient (Wildman–Crippen LogP) is 2.63. The Morgan fingerprint density at radius 2 is 2.29 bits per heavy atom. The van der Waals surface area contributed by atoms with Crippen molar-refractivity contribution in [3.8, 4) is 5.19 Å². The molecule has 0 saturated carbocycles. The van der Waals surface area contributed by atoms with Crippen LogP contribution in [0.4, 0.5) is 0 Å². The second-order valence-corrected chi connectivity index (χ2v) is 5.29. The molecule has 0 atom stereocenters. The Balaban J connectivity index is 2.20. The van der Waals surface area contributed by atoms with Gasteiger partial charge in [-0.05, 0) is 25.3 Å². The van der Waals surface area contributed by atoms with Crippen LogP contribution < -0.4 is 10.1 Å². The minimum atomic E-state index is 0.651. The van der Waals surface area contributed by atoms with Gasteiger partial charge in [0.2, 0.25) is 0 Å². The maximum atomic E-state index is 5.49. The van der Waals surface area contributed by atoms with E-state index in [4.69, 9.17) is 4.74 Å². The van der Waals surface area contributed by atoms with E-state index in [2.05, 4.69) is 35.9 Å². The molecular formula is C12H21N3OS. The van der Waals surface area contributed by atoms with Crippen molar-refractivity contribution in [1.82, 2.24) is 15.5 Å². The van der Waals surface area contributed by atoms with Crippen molar-refractivity contribution in [2.75, 3.05) is 13.2 Å². The van der Waals surface area contributed by atoms with E-state index in [0.717, 1.165) is 30.9 Å². The van der Waals surface area contributed by atoms with Crippen molar-refractivity contribution < 1.29 is 4.74 Å². The molecule has 0 unspecified atom stereocenters. The fraction of sp³-hybridized carbons (Fsp3) is 0.667. The molecule has 0 bridgehead atoms. The Kier molecular flexibility index (Phi) is 6.81. The molecule has 0 radical (unpaired) electrons. The van der Waals surface area contributed by atoms with Crippen LogP contribution in [0.3, 0.4) is 0 Å². The summed E-state index contributed by atoms with van der Waals surface area (Å²) in [7, 11) is 0. The van der Waals surface area contributed by atoms with Gasteiger partial charge in [-0.15, -0.1) is 16.8 Å². The van der Waals surface area contributed by atoms with Crippen LogP contribution in [0.2, 0.25) is 0 Å². The number of nitrogens with one attached hydrogen (secondary N) is 1. The van der Waals surface area contributed by atoms with Gasteiger partial charge in [0.25, 0.3) is 5.19 Å². The van der Waals surface area contributed by atoms with E-state index in [9.17, 15) is 0 Å². The van der Waals surface area contributed by atoms with Crippen LogP contribution in [0.5, 0.6) is 5.19 Å². The molecule has 0 aliphatic carbocycles. The monoisotopic (exact) mass is 255 g/mol. The van der Waals surface area contributed by atoms with Gasteiger partial charge in [0.05, 0.1) is 6.61 Å². The summed E-state index contributed by atoms with van der Waals surface area (Å²) in [6.45, 7) is 10.5. The van der Waals surface area contributed by atoms with Crippen LogP contribution in [-0.4, -0.2) is 23.3 Å². The van der Waals surface area contributed by atoms with Crippen LogP contribution in [0.1, 0.15) is 31.7 Å². The van der Waals surface area contributed by atoms with Gasteiger partial charge in [0.1, 0.15) is 5.01 Å². The molecule has 0 aliphatic rings. The minimum Gasteiger partial charge on any atom is -0.469 e. The van der Waals surface area contributed by atoms with Gasteiger partial charge < -0.3 is 10.1 Å². The Bertz CT molecular complexity index is 325. The third-order valence-corrected chi connectivity index (χ3v) is 2.89. The first-order valence-electron chi connectivity index (χ1n) is 5.99. The highest BCUT2D eigenvalue weighted by atomic mass is 32.1. The van der Waals surface area contributed by atoms with Crippen molar-refractivity contribution in [3.63, 3.8) is 0 Å². The quantitative estimate of drug-likeness (QED) is 0.544. The lowest BCUT2D eigenvalue weighted by Crippen LogP contribution is -2.18. The predicted molar refractivity (Wildman–Crippen MR) is 71.4 cm³/mol. The molecule has 0 aliphatic heterocycles. The summed E-state index contributed by atoms with van der Waals surface area (Å²) < 4.78 is 5.49. The fourth-order valence-electron chi connectivity index (χ4n) is 1.22. The number of rotatable bonds is 9. The number of hydrogen-bond acceptors (Lipinski definition) is 5. The van der Waals surface area contributed by atoms with E-state index in [1.165, 1.54) is 11.3 Å². The summed E-state index contributed by atoms with van der Waals surface area (Å²) in [6.07, 6.45) is 3.84. The SMILES string of the molecule is C=CCCCOc1nnc(CNCC(C)C)s1. The third kappa shape index (κ3) is 6.38. The molecule has 0 aromatic carbocycles. The van der Waals surface area contributed by atoms with Gasteiger partial charge in [0.15, 0.2) is 0 Å². The third-order valence-electron chi connectivity index (χ3n) is 2.06. The lowest BCUT2D eigenvalue weighted by Gasteiger charge is -2.03. The van der Waals surface area contributed by atoms with Gasteiger partial charge in [-0.2, -0.15) is 0 Å². The summed E-state index contributed by atoms with van der Waals surface area (Å²) in [6, 6.07) is 0. The normalized spacial score (nSPS) is 10.8. The second-order valence-electron chi connectivity index (χ2n) is 4.27. The molecule has 1 rings (SSSR count). The molecule has 4 nitrogen and oxygen atoms in total. The topological polar surface area (TPSA) is 47.0 Å². The number of ether oxygens (including phenoxy) is 1. The lowest BCUT2D eigenvalue weighted by atomic mass is 10.2. The Morgan fingerprint density at radius 3 is 3.00 bits per heavy atom. The van der Waals surface area contributed by atoms with Crippen molar-refractivity contribution in [2.24, 2.45) is 5.92 Å². The van der Waals surface area contributed by atoms with E-state index >= 15 is 0 Å². The molecule has 1 heterocycles. The number of unbranched alkanes of at least 4 members (excludes halogenated alkanes) is 1. The van der Waals surface area contributed by atoms with E-state index in [0.29, 0.717) is 17.7 Å². The second kappa shape index (κ2) is 8.20. The maximum absolute atomic E-state index is 5.49. The maximum Gasteiger partial charge on any atom is 0.294 e. The average Bonchev–Trinajstić information content (AvgIpc) is 2.72. The molecule has 0 fully saturated rings. The molecule has 0 spiro atoms. The smallest absolute Gasteiger partial charge is 0.294 e. The van der Waals surface area contributed by atoms with Gasteiger partial charge in [-0.25, -0.2) is 0 Å². The minimum absolute atomic E-state index is 0.651. The molecule has 96 valence electrons. The van der Waals surface area contributed by atoms with E-state index in [1.807, 2.05) is 6.08 Å². The summed E-state index contributed by atoms with van der Waals surface area (Å²) in [5.74, 6) is 0.651. The Morgan fingerprint density at radius 1 is 1.47 bits per heavy atom. The molecule has 5 heteroatoms. The first kappa shape index (κ1) is 14.1. The Labute approximate surface area is 107 Å². The highest BCUT2D eigenvalue weighted by Crippen LogP contribution is 2.17. The first-order chi connectivity index (χ1) is 8.22. The molecule has 1 aromatic rings. The summed E-state index contributed by atoms with van der Waals surface area (Å²) in [5.41, 5.74) is 0. The van der Waals surface area contributed by atoms with Crippen molar-refractivity contribution in [3.05, 3.63) is 17.7 Å². The summed E-state index contributed by atoms with van der Waals surface area (Å²) in [5, 5.41) is 13.0. The average molecular weight is 255 g/mol. The van der Waals surface area contributed by atoms with Gasteiger partial charge in [-0.3, -0.25) is 0 Å². The zero-order valence-electron chi connectivity index (χ0n) is 10.6. The van der Waals surface area contributed by atoms with Crippen LogP contribution in [0.15, 0.2) is 12.7 Å². The van der Waals surface area contributed by atoms with Crippen LogP contribution in [0.25, 0.3) is 0 Å². The first-order valence-corrected chi connectivity index (χ1v) is 6.80. The van der Waals surface area contributed by atoms with Gasteiger partial charge >= 0.3 is 0 Å². The summed E-state index contributed by atoms with van der Waals surface area (Å²) in [4.78, 5) is 0. The van der Waals surface area contributed by atoms with Crippen LogP contribution in [0, 0.1) is 5.92 Å². The number of allylic oxidation sites excluding steroid dienone is 1. The molecule has 0 amide bonds. The van der Waals surface area contributed by atoms with Gasteiger partial charge in [-0.1, -0.05) is 31.3 Å². The van der Waals surface area contributed by atoms with Crippen LogP contribution >= 0.6 is 11.3 Å². The lowest BCUT2D eigenvalue weighted by molar-refractivity contribution is 0.308. The van der Waals surface area contributed by atoms with Crippen molar-refractivity contribution in [2.45, 2.75) is 33.2 Å². The number of nitrogens with zero attached hydrogens (tertiary/aromatic N) is 2. The largest absolute Gasteiger partial charge is 0.469 e. The Hall–Kier alpha value is -0.940. The van der Waals surface area contributed by atoms with E-state index in [1.54, 1.807) is 0 Å². The molecular weight excluding hydrogens is 234 g/mol. The highest BCUT2D eigenvalue weighted by Gasteiger charge is 2.04. The number of hydrogen-bond donors (Lipinski definition) is 1. The standard InChI is InChI=1S/C12H21N3OS/c1-4-5-6-7-16-12-15-14-11(17-12)9-13-8-10(2)3/h4,10,13H,1,5-9H2,2-3H3. The summed E-state index contributed by atoms with van der Waals surface area (Å²) >= 11 is 1.51. The zero-order valence-corrected chi connectivity index (χ0v) is 11.4. The molecule has 17 heavy (non-hydrogen) atoms. The van der Waals surface area contributed by atoms with E-state index in [-0.39, 0.29) is 0 Å². The van der Waals surface area contributed by atoms with Gasteiger partial charge in [0, 0.05) is 6.54 Å². The number of aromatic nitrogens is 2. The van der Waals surface area contributed by atoms with Crippen molar-refractivity contribution >= 4 is 11.3 Å². The highest BCUT2D eigenvalue weighted by molar-refractivity contribution is 7.13. The molecule has 1 N–H and O–H groups in total. The zero-order chi connectivity index (χ0) is 12.5. The van der Waals surface area contributed by atoms with Crippen molar-refractivity contribution in [1.29, 1.82) is 0 Å². The fourth-order valence-corrected chi connectivity index (χ4v) is 1.90. The van der Waals surface area contributed by atoms with E-state index < -0.39 is 0 Å². The molecule has 1 aromatic heterocycles. The van der Waals surface area contributed by atoms with Crippen LogP contribution in [-0.2, 0) is 6.54 Å².